The zero-order valence-corrected chi connectivity index (χ0v) is 21.8. The molecule has 1 aromatic heterocycles. The molecule has 0 spiro atoms. The normalized spacial score (nSPS) is 21.4. The van der Waals surface area contributed by atoms with Crippen molar-refractivity contribution in [3.63, 3.8) is 0 Å². The predicted octanol–water partition coefficient (Wildman–Crippen LogP) is 6.08. The Labute approximate surface area is 232 Å². The summed E-state index contributed by atoms with van der Waals surface area (Å²) in [4.78, 5) is 33.2. The Bertz CT molecular complexity index is 1360. The molecule has 1 aliphatic heterocycles. The number of amides is 3. The number of aromatic nitrogens is 1. The van der Waals surface area contributed by atoms with Crippen LogP contribution < -0.4 is 10.2 Å². The Balaban J connectivity index is 1.62. The molecule has 2 atom stereocenters. The van der Waals surface area contributed by atoms with Crippen LogP contribution in [0.15, 0.2) is 36.7 Å². The van der Waals surface area contributed by atoms with E-state index in [0.717, 1.165) is 30.1 Å². The zero-order valence-electron chi connectivity index (χ0n) is 21.8. The van der Waals surface area contributed by atoms with Crippen LogP contribution >= 0.6 is 0 Å². The second-order valence-electron chi connectivity index (χ2n) is 10.8. The number of pyridine rings is 1. The van der Waals surface area contributed by atoms with Crippen molar-refractivity contribution in [1.29, 1.82) is 5.26 Å². The number of nitrogens with zero attached hydrogens (tertiary/aromatic N) is 4. The molecule has 1 N–H and O–H groups in total. The molecule has 1 aromatic carbocycles. The average Bonchev–Trinajstić information content (AvgIpc) is 3.73. The summed E-state index contributed by atoms with van der Waals surface area (Å²) in [5, 5.41) is 12.0. The Morgan fingerprint density at radius 1 is 1.12 bits per heavy atom. The Morgan fingerprint density at radius 2 is 1.83 bits per heavy atom. The number of likely N-dealkylation sites (tertiary alicyclic amines) is 1. The lowest BCUT2D eigenvalue weighted by Gasteiger charge is -2.42. The van der Waals surface area contributed by atoms with E-state index in [-0.39, 0.29) is 25.3 Å². The molecule has 218 valence electrons. The number of carbonyl (C=O) groups excluding carboxylic acids is 2. The largest absolute Gasteiger partial charge is 0.416 e. The number of hydrogen-bond donors (Lipinski definition) is 1. The minimum atomic E-state index is -4.97. The number of nitrogens with one attached hydrogen (secondary N) is 1. The van der Waals surface area contributed by atoms with Gasteiger partial charge in [-0.1, -0.05) is 6.07 Å². The van der Waals surface area contributed by atoms with Crippen molar-refractivity contribution in [2.75, 3.05) is 11.4 Å². The van der Waals surface area contributed by atoms with Gasteiger partial charge in [-0.05, 0) is 61.8 Å². The summed E-state index contributed by atoms with van der Waals surface area (Å²) in [5.41, 5.74) is -1.78. The molecule has 2 saturated carbocycles. The Morgan fingerprint density at radius 3 is 2.39 bits per heavy atom. The van der Waals surface area contributed by atoms with Gasteiger partial charge in [-0.3, -0.25) is 14.7 Å². The minimum Gasteiger partial charge on any atom is -0.351 e. The van der Waals surface area contributed by atoms with E-state index in [4.69, 9.17) is 0 Å². The van der Waals surface area contributed by atoms with E-state index < -0.39 is 77.6 Å². The number of anilines is 1. The number of rotatable bonds is 6. The van der Waals surface area contributed by atoms with Crippen molar-refractivity contribution in [2.24, 2.45) is 0 Å². The fraction of sp³-hybridized carbons (Fsp3) is 0.500. The fourth-order valence-electron chi connectivity index (χ4n) is 5.38. The molecule has 2 aromatic rings. The van der Waals surface area contributed by atoms with Gasteiger partial charge in [-0.25, -0.2) is 18.0 Å². The van der Waals surface area contributed by atoms with Gasteiger partial charge in [0.05, 0.1) is 17.3 Å². The molecule has 3 amide bonds. The lowest BCUT2D eigenvalue weighted by molar-refractivity contribution is -0.138. The molecule has 1 unspecified atom stereocenters. The lowest BCUT2D eigenvalue weighted by atomic mass is 9.91. The maximum Gasteiger partial charge on any atom is 0.416 e. The van der Waals surface area contributed by atoms with E-state index in [2.05, 4.69) is 10.3 Å². The monoisotopic (exact) mass is 579 g/mol. The maximum atomic E-state index is 15.7. The van der Waals surface area contributed by atoms with Gasteiger partial charge in [0.25, 0.3) is 0 Å². The van der Waals surface area contributed by atoms with Crippen LogP contribution in [0.4, 0.5) is 36.8 Å². The van der Waals surface area contributed by atoms with Gasteiger partial charge in [-0.15, -0.1) is 0 Å². The molecule has 2 aliphatic carbocycles. The maximum absolute atomic E-state index is 15.7. The summed E-state index contributed by atoms with van der Waals surface area (Å²) in [5.74, 6) is -4.83. The number of hydrogen-bond acceptors (Lipinski definition) is 4. The predicted molar refractivity (Wildman–Crippen MR) is 134 cm³/mol. The van der Waals surface area contributed by atoms with Gasteiger partial charge in [0, 0.05) is 43.4 Å². The standard InChI is InChI=1S/C28H27F6N5O2/c29-22-13-17(16-1-2-16)3-4-23(22)39(26(41)38-12-8-19(38)14-35)24(20-15-36-11-7-21(20)28(32,33)34)25(40)37-18-5-9-27(30,31)10-6-18/h3-4,7,11,13,15-16,18-19,24H,1-2,5-6,8-10,12H2,(H,37,40)/t19-,24?/m1/s1. The third-order valence-corrected chi connectivity index (χ3v) is 7.92. The van der Waals surface area contributed by atoms with E-state index in [1.54, 1.807) is 6.07 Å². The minimum absolute atomic E-state index is 0.0700. The number of halogens is 6. The first-order chi connectivity index (χ1) is 19.4. The Hall–Kier alpha value is -3.82. The number of alkyl halides is 5. The number of nitriles is 1. The first-order valence-corrected chi connectivity index (χ1v) is 13.4. The summed E-state index contributed by atoms with van der Waals surface area (Å²) in [6.07, 6.45) is -2.64. The second-order valence-corrected chi connectivity index (χ2v) is 10.8. The van der Waals surface area contributed by atoms with Crippen LogP contribution in [0.25, 0.3) is 0 Å². The molecule has 3 fully saturated rings. The van der Waals surface area contributed by atoms with Crippen LogP contribution in [0.3, 0.4) is 0 Å². The summed E-state index contributed by atoms with van der Waals surface area (Å²) < 4.78 is 85.8. The fourth-order valence-corrected chi connectivity index (χ4v) is 5.38. The summed E-state index contributed by atoms with van der Waals surface area (Å²) in [7, 11) is 0. The first kappa shape index (κ1) is 28.7. The number of urea groups is 1. The third kappa shape index (κ3) is 5.96. The zero-order chi connectivity index (χ0) is 29.5. The van der Waals surface area contributed by atoms with Gasteiger partial charge in [0.1, 0.15) is 17.9 Å². The average molecular weight is 580 g/mol. The van der Waals surface area contributed by atoms with Crippen LogP contribution in [0.2, 0.25) is 0 Å². The lowest BCUT2D eigenvalue weighted by Crippen LogP contribution is -2.58. The van der Waals surface area contributed by atoms with Gasteiger partial charge < -0.3 is 10.2 Å². The smallest absolute Gasteiger partial charge is 0.351 e. The van der Waals surface area contributed by atoms with Gasteiger partial charge >= 0.3 is 12.2 Å². The van der Waals surface area contributed by atoms with Crippen LogP contribution in [0, 0.1) is 17.1 Å². The van der Waals surface area contributed by atoms with Crippen LogP contribution in [-0.2, 0) is 11.0 Å². The molecule has 2 heterocycles. The van der Waals surface area contributed by atoms with Gasteiger partial charge in [0.15, 0.2) is 0 Å². The molecule has 3 aliphatic rings. The van der Waals surface area contributed by atoms with E-state index in [9.17, 15) is 36.8 Å². The first-order valence-electron chi connectivity index (χ1n) is 13.4. The quantitative estimate of drug-likeness (QED) is 0.421. The highest BCUT2D eigenvalue weighted by Crippen LogP contribution is 2.43. The number of carbonyl (C=O) groups is 2. The highest BCUT2D eigenvalue weighted by atomic mass is 19.4. The van der Waals surface area contributed by atoms with Crippen molar-refractivity contribution in [3.8, 4) is 6.07 Å². The van der Waals surface area contributed by atoms with Crippen molar-refractivity contribution in [1.82, 2.24) is 15.2 Å². The highest BCUT2D eigenvalue weighted by molar-refractivity contribution is 6.01. The van der Waals surface area contributed by atoms with Crippen LogP contribution in [-0.4, -0.2) is 46.4 Å². The summed E-state index contributed by atoms with van der Waals surface area (Å²) in [6, 6.07) is 1.74. The second kappa shape index (κ2) is 10.9. The number of benzene rings is 1. The van der Waals surface area contributed by atoms with E-state index in [1.807, 2.05) is 6.07 Å². The van der Waals surface area contributed by atoms with E-state index in [1.165, 1.54) is 12.1 Å². The summed E-state index contributed by atoms with van der Waals surface area (Å²) in [6.45, 7) is 0.0700. The molecular formula is C28H27F6N5O2. The van der Waals surface area contributed by atoms with Crippen molar-refractivity contribution < 1.29 is 35.9 Å². The molecule has 0 bridgehead atoms. The van der Waals surface area contributed by atoms with Gasteiger partial charge in [0.2, 0.25) is 11.8 Å². The highest BCUT2D eigenvalue weighted by Gasteiger charge is 2.46. The molecule has 5 rings (SSSR count). The summed E-state index contributed by atoms with van der Waals surface area (Å²) >= 11 is 0. The molecular weight excluding hydrogens is 552 g/mol. The van der Waals surface area contributed by atoms with Crippen molar-refractivity contribution >= 4 is 17.6 Å². The molecule has 0 radical (unpaired) electrons. The molecule has 13 heteroatoms. The van der Waals surface area contributed by atoms with Crippen LogP contribution in [0.1, 0.15) is 73.6 Å². The van der Waals surface area contributed by atoms with E-state index >= 15 is 4.39 Å². The van der Waals surface area contributed by atoms with Crippen molar-refractivity contribution in [3.05, 3.63) is 59.2 Å². The molecule has 7 nitrogen and oxygen atoms in total. The topological polar surface area (TPSA) is 89.3 Å². The SMILES string of the molecule is N#C[C@H]1CCN1C(=O)N(c1ccc(C2CC2)cc1F)C(C(=O)NC1CCC(F)(F)CC1)c1cnccc1C(F)(F)F. The molecule has 41 heavy (non-hydrogen) atoms. The van der Waals surface area contributed by atoms with Crippen molar-refractivity contribution in [2.45, 2.75) is 81.1 Å². The third-order valence-electron chi connectivity index (χ3n) is 7.92. The van der Waals surface area contributed by atoms with Crippen LogP contribution in [0.5, 0.6) is 0 Å². The molecule has 1 saturated heterocycles. The Kier molecular flexibility index (Phi) is 7.61. The van der Waals surface area contributed by atoms with E-state index in [0.29, 0.717) is 23.0 Å². The van der Waals surface area contributed by atoms with Gasteiger partial charge in [-0.2, -0.15) is 18.4 Å².